The van der Waals surface area contributed by atoms with Crippen molar-refractivity contribution in [3.8, 4) is 5.75 Å². The van der Waals surface area contributed by atoms with E-state index in [2.05, 4.69) is 16.9 Å². The molecular weight excluding hydrogens is 240 g/mol. The second kappa shape index (κ2) is 6.23. The highest BCUT2D eigenvalue weighted by Gasteiger charge is 2.26. The van der Waals surface area contributed by atoms with E-state index in [-0.39, 0.29) is 5.97 Å². The van der Waals surface area contributed by atoms with Gasteiger partial charge in [-0.3, -0.25) is 0 Å². The summed E-state index contributed by atoms with van der Waals surface area (Å²) in [4.78, 5) is 11.0. The summed E-state index contributed by atoms with van der Waals surface area (Å²) in [6.45, 7) is 0. The molecule has 1 aliphatic carbocycles. The Kier molecular flexibility index (Phi) is 4.39. The van der Waals surface area contributed by atoms with Gasteiger partial charge in [0, 0.05) is 6.08 Å². The highest BCUT2D eigenvalue weighted by atomic mass is 16.5. The quantitative estimate of drug-likeness (QED) is 0.462. The first-order valence-electron chi connectivity index (χ1n) is 6.35. The molecule has 0 saturated heterocycles. The van der Waals surface area contributed by atoms with E-state index in [1.807, 2.05) is 18.2 Å². The van der Waals surface area contributed by atoms with Crippen molar-refractivity contribution in [2.45, 2.75) is 12.8 Å². The number of allylic oxidation sites excluding steroid dienone is 3. The SMILES string of the molecule is COC(=O)/C=C/C=C(\c1ccc(OC)cc1)C1CC1. The number of ether oxygens (including phenoxy) is 2. The lowest BCUT2D eigenvalue weighted by molar-refractivity contribution is -0.134. The zero-order valence-corrected chi connectivity index (χ0v) is 11.3. The van der Waals surface area contributed by atoms with E-state index < -0.39 is 0 Å². The minimum atomic E-state index is -0.332. The third-order valence-electron chi connectivity index (χ3n) is 3.15. The van der Waals surface area contributed by atoms with Crippen LogP contribution in [0.15, 0.2) is 42.5 Å². The van der Waals surface area contributed by atoms with Gasteiger partial charge in [0.2, 0.25) is 0 Å². The molecule has 0 N–H and O–H groups in total. The summed E-state index contributed by atoms with van der Waals surface area (Å²) in [5.41, 5.74) is 2.45. The lowest BCUT2D eigenvalue weighted by Gasteiger charge is -2.06. The van der Waals surface area contributed by atoms with Crippen LogP contribution in [-0.4, -0.2) is 20.2 Å². The maximum atomic E-state index is 11.0. The van der Waals surface area contributed by atoms with E-state index in [9.17, 15) is 4.79 Å². The molecule has 1 aromatic rings. The van der Waals surface area contributed by atoms with Gasteiger partial charge in [-0.05, 0) is 42.0 Å². The number of methoxy groups -OCH3 is 2. The first-order chi connectivity index (χ1) is 9.24. The fourth-order valence-corrected chi connectivity index (χ4v) is 1.94. The second-order valence-electron chi connectivity index (χ2n) is 4.51. The Morgan fingerprint density at radius 1 is 1.21 bits per heavy atom. The molecule has 0 atom stereocenters. The Balaban J connectivity index is 2.17. The number of benzene rings is 1. The van der Waals surface area contributed by atoms with Gasteiger partial charge in [0.15, 0.2) is 0 Å². The Bertz CT molecular complexity index is 493. The van der Waals surface area contributed by atoms with Crippen molar-refractivity contribution in [2.75, 3.05) is 14.2 Å². The van der Waals surface area contributed by atoms with Crippen molar-refractivity contribution in [3.05, 3.63) is 48.1 Å². The van der Waals surface area contributed by atoms with Gasteiger partial charge in [0.05, 0.1) is 14.2 Å². The lowest BCUT2D eigenvalue weighted by atomic mass is 10.0. The average Bonchev–Trinajstić information content (AvgIpc) is 3.28. The predicted molar refractivity (Wildman–Crippen MR) is 74.9 cm³/mol. The molecule has 0 heterocycles. The Labute approximate surface area is 113 Å². The average molecular weight is 258 g/mol. The molecule has 0 amide bonds. The van der Waals surface area contributed by atoms with Gasteiger partial charge in [-0.1, -0.05) is 24.3 Å². The minimum Gasteiger partial charge on any atom is -0.497 e. The molecule has 1 saturated carbocycles. The number of carbonyl (C=O) groups is 1. The van der Waals surface area contributed by atoms with Gasteiger partial charge in [-0.15, -0.1) is 0 Å². The second-order valence-corrected chi connectivity index (χ2v) is 4.51. The molecule has 0 unspecified atom stereocenters. The van der Waals surface area contributed by atoms with Gasteiger partial charge < -0.3 is 9.47 Å². The maximum Gasteiger partial charge on any atom is 0.330 e. The largest absolute Gasteiger partial charge is 0.497 e. The van der Waals surface area contributed by atoms with Gasteiger partial charge in [-0.25, -0.2) is 4.79 Å². The number of hydrogen-bond acceptors (Lipinski definition) is 3. The topological polar surface area (TPSA) is 35.5 Å². The van der Waals surface area contributed by atoms with Crippen molar-refractivity contribution in [1.29, 1.82) is 0 Å². The van der Waals surface area contributed by atoms with E-state index in [0.29, 0.717) is 5.92 Å². The fraction of sp³-hybridized carbons (Fsp3) is 0.312. The highest BCUT2D eigenvalue weighted by Crippen LogP contribution is 2.42. The molecule has 0 aromatic heterocycles. The number of esters is 1. The van der Waals surface area contributed by atoms with Crippen molar-refractivity contribution >= 4 is 11.5 Å². The molecule has 1 fully saturated rings. The molecular formula is C16H18O3. The van der Waals surface area contributed by atoms with Gasteiger partial charge in [0.25, 0.3) is 0 Å². The van der Waals surface area contributed by atoms with E-state index in [1.165, 1.54) is 37.2 Å². The van der Waals surface area contributed by atoms with Crippen LogP contribution >= 0.6 is 0 Å². The maximum absolute atomic E-state index is 11.0. The number of carbonyl (C=O) groups excluding carboxylic acids is 1. The summed E-state index contributed by atoms with van der Waals surface area (Å²) >= 11 is 0. The zero-order valence-electron chi connectivity index (χ0n) is 11.3. The van der Waals surface area contributed by atoms with Crippen molar-refractivity contribution < 1.29 is 14.3 Å². The van der Waals surface area contributed by atoms with Crippen molar-refractivity contribution in [1.82, 2.24) is 0 Å². The summed E-state index contributed by atoms with van der Waals surface area (Å²) in [6, 6.07) is 8.01. The van der Waals surface area contributed by atoms with E-state index in [4.69, 9.17) is 4.74 Å². The van der Waals surface area contributed by atoms with Crippen LogP contribution < -0.4 is 4.74 Å². The van der Waals surface area contributed by atoms with Crippen molar-refractivity contribution in [3.63, 3.8) is 0 Å². The number of hydrogen-bond donors (Lipinski definition) is 0. The van der Waals surface area contributed by atoms with Gasteiger partial charge in [0.1, 0.15) is 5.75 Å². The monoisotopic (exact) mass is 258 g/mol. The highest BCUT2D eigenvalue weighted by molar-refractivity contribution is 5.83. The lowest BCUT2D eigenvalue weighted by Crippen LogP contribution is -1.93. The van der Waals surface area contributed by atoms with Gasteiger partial charge in [-0.2, -0.15) is 0 Å². The smallest absolute Gasteiger partial charge is 0.330 e. The van der Waals surface area contributed by atoms with Gasteiger partial charge >= 0.3 is 5.97 Å². The summed E-state index contributed by atoms with van der Waals surface area (Å²) in [5.74, 6) is 1.13. The predicted octanol–water partition coefficient (Wildman–Crippen LogP) is 3.22. The zero-order chi connectivity index (χ0) is 13.7. The summed E-state index contributed by atoms with van der Waals surface area (Å²) in [5, 5.41) is 0. The van der Waals surface area contributed by atoms with Crippen LogP contribution in [-0.2, 0) is 9.53 Å². The molecule has 100 valence electrons. The first-order valence-corrected chi connectivity index (χ1v) is 6.35. The molecule has 3 nitrogen and oxygen atoms in total. The van der Waals surface area contributed by atoms with E-state index in [0.717, 1.165) is 5.75 Å². The molecule has 0 radical (unpaired) electrons. The Hall–Kier alpha value is -2.03. The summed E-state index contributed by atoms with van der Waals surface area (Å²) < 4.78 is 9.73. The number of rotatable bonds is 5. The fourth-order valence-electron chi connectivity index (χ4n) is 1.94. The molecule has 0 spiro atoms. The van der Waals surface area contributed by atoms with Crippen molar-refractivity contribution in [2.24, 2.45) is 5.92 Å². The van der Waals surface area contributed by atoms with E-state index >= 15 is 0 Å². The first kappa shape index (κ1) is 13.4. The summed E-state index contributed by atoms with van der Waals surface area (Å²) in [7, 11) is 3.04. The third-order valence-corrected chi connectivity index (χ3v) is 3.15. The molecule has 0 aliphatic heterocycles. The molecule has 1 aliphatic rings. The van der Waals surface area contributed by atoms with E-state index in [1.54, 1.807) is 13.2 Å². The van der Waals surface area contributed by atoms with Crippen LogP contribution in [0.5, 0.6) is 5.75 Å². The molecule has 3 heteroatoms. The molecule has 19 heavy (non-hydrogen) atoms. The van der Waals surface area contributed by atoms with Crippen LogP contribution in [0.25, 0.3) is 5.57 Å². The third kappa shape index (κ3) is 3.71. The van der Waals surface area contributed by atoms with Crippen LogP contribution in [0.1, 0.15) is 18.4 Å². The van der Waals surface area contributed by atoms with Crippen LogP contribution in [0.3, 0.4) is 0 Å². The minimum absolute atomic E-state index is 0.332. The summed E-state index contributed by atoms with van der Waals surface area (Å²) in [6.07, 6.45) is 7.61. The van der Waals surface area contributed by atoms with Crippen LogP contribution in [0, 0.1) is 5.92 Å². The van der Waals surface area contributed by atoms with Crippen LogP contribution in [0.4, 0.5) is 0 Å². The Morgan fingerprint density at radius 2 is 1.89 bits per heavy atom. The Morgan fingerprint density at radius 3 is 2.42 bits per heavy atom. The standard InChI is InChI=1S/C16H18O3/c1-18-14-10-8-13(9-11-14)15(12-6-7-12)4-3-5-16(17)19-2/h3-5,8-12H,6-7H2,1-2H3/b5-3+,15-4-. The molecule has 0 bridgehead atoms. The molecule has 2 rings (SSSR count). The normalized spacial score (nSPS) is 15.6. The van der Waals surface area contributed by atoms with Crippen LogP contribution in [0.2, 0.25) is 0 Å². The molecule has 1 aromatic carbocycles.